The summed E-state index contributed by atoms with van der Waals surface area (Å²) in [6.45, 7) is 2.44. The van der Waals surface area contributed by atoms with Gasteiger partial charge in [-0.1, -0.05) is 0 Å². The molecule has 0 aromatic carbocycles. The number of ether oxygens (including phenoxy) is 1. The molecule has 20 heavy (non-hydrogen) atoms. The van der Waals surface area contributed by atoms with Gasteiger partial charge in [-0.15, -0.1) is 0 Å². The lowest BCUT2D eigenvalue weighted by atomic mass is 10.00. The van der Waals surface area contributed by atoms with E-state index in [0.717, 1.165) is 12.8 Å². The van der Waals surface area contributed by atoms with Gasteiger partial charge in [-0.3, -0.25) is 9.59 Å². The van der Waals surface area contributed by atoms with E-state index in [-0.39, 0.29) is 25.4 Å². The number of hydrogen-bond donors (Lipinski definition) is 2. The third kappa shape index (κ3) is 4.48. The predicted octanol–water partition coefficient (Wildman–Crippen LogP) is 0.123. The average molecular weight is 286 g/mol. The Morgan fingerprint density at radius 3 is 2.70 bits per heavy atom. The molecule has 0 bridgehead atoms. The molecule has 0 aromatic rings. The Morgan fingerprint density at radius 1 is 1.40 bits per heavy atom. The minimum atomic E-state index is -0.992. The molecule has 1 saturated heterocycles. The first-order valence-corrected chi connectivity index (χ1v) is 6.91. The molecule has 1 aliphatic heterocycles. The highest BCUT2D eigenvalue weighted by molar-refractivity contribution is 5.88. The molecule has 0 aromatic heterocycles. The number of nitrogens with two attached hydrogens (primary N) is 1. The summed E-state index contributed by atoms with van der Waals surface area (Å²) in [6.07, 6.45) is 2.15. The molecule has 7 heteroatoms. The van der Waals surface area contributed by atoms with Crippen LogP contribution < -0.4 is 5.73 Å². The summed E-state index contributed by atoms with van der Waals surface area (Å²) in [6, 6.07) is -1.48. The number of carboxylic acids is 1. The number of carbonyl (C=O) groups excluding carboxylic acids is 2. The lowest BCUT2D eigenvalue weighted by Crippen LogP contribution is -2.54. The summed E-state index contributed by atoms with van der Waals surface area (Å²) in [5.74, 6) is -1.77. The first-order valence-electron chi connectivity index (χ1n) is 6.91. The van der Waals surface area contributed by atoms with Gasteiger partial charge in [0.2, 0.25) is 5.91 Å². The molecule has 3 N–H and O–H groups in total. The normalized spacial score (nSPS) is 20.3. The van der Waals surface area contributed by atoms with Gasteiger partial charge in [-0.25, -0.2) is 4.79 Å². The maximum Gasteiger partial charge on any atom is 0.328 e. The zero-order valence-electron chi connectivity index (χ0n) is 11.7. The second-order valence-corrected chi connectivity index (χ2v) is 4.83. The topological polar surface area (TPSA) is 110 Å². The fourth-order valence-electron chi connectivity index (χ4n) is 2.29. The van der Waals surface area contributed by atoms with Crippen LogP contribution in [0.2, 0.25) is 0 Å². The fourth-order valence-corrected chi connectivity index (χ4v) is 2.29. The molecule has 1 rings (SSSR count). The highest BCUT2D eigenvalue weighted by Crippen LogP contribution is 2.19. The number of carboxylic acid groups (broad SMARTS) is 1. The van der Waals surface area contributed by atoms with Gasteiger partial charge in [0.25, 0.3) is 0 Å². The van der Waals surface area contributed by atoms with Gasteiger partial charge in [0.1, 0.15) is 6.04 Å². The van der Waals surface area contributed by atoms with E-state index in [2.05, 4.69) is 0 Å². The second kappa shape index (κ2) is 7.84. The number of carbonyl (C=O) groups is 3. The van der Waals surface area contributed by atoms with Crippen molar-refractivity contribution >= 4 is 17.8 Å². The fraction of sp³-hybridized carbons (Fsp3) is 0.769. The summed E-state index contributed by atoms with van der Waals surface area (Å²) >= 11 is 0. The third-order valence-electron chi connectivity index (χ3n) is 3.33. The van der Waals surface area contributed by atoms with Crippen LogP contribution in [0.3, 0.4) is 0 Å². The van der Waals surface area contributed by atoms with Crippen LogP contribution in [0.15, 0.2) is 0 Å². The number of hydrogen-bond acceptors (Lipinski definition) is 5. The van der Waals surface area contributed by atoms with Gasteiger partial charge < -0.3 is 20.5 Å². The molecule has 1 aliphatic rings. The predicted molar refractivity (Wildman–Crippen MR) is 70.8 cm³/mol. The second-order valence-electron chi connectivity index (χ2n) is 4.83. The standard InChI is InChI=1S/C13H22N2O5/c1-2-20-13(19)10-5-3-4-8-15(10)12(18)9(14)6-7-11(16)17/h9-10H,2-8,14H2,1H3,(H,16,17). The van der Waals surface area contributed by atoms with Gasteiger partial charge >= 0.3 is 11.9 Å². The number of piperidine rings is 1. The Kier molecular flexibility index (Phi) is 6.44. The van der Waals surface area contributed by atoms with Gasteiger partial charge in [-0.05, 0) is 32.6 Å². The Labute approximate surface area is 118 Å². The van der Waals surface area contributed by atoms with Crippen molar-refractivity contribution in [1.29, 1.82) is 0 Å². The van der Waals surface area contributed by atoms with Gasteiger partial charge in [0.15, 0.2) is 0 Å². The number of nitrogens with zero attached hydrogens (tertiary/aromatic N) is 1. The minimum absolute atomic E-state index is 0.0697. The summed E-state index contributed by atoms with van der Waals surface area (Å²) in [5, 5.41) is 8.61. The van der Waals surface area contributed by atoms with E-state index >= 15 is 0 Å². The number of aliphatic carboxylic acids is 1. The zero-order valence-corrected chi connectivity index (χ0v) is 11.7. The van der Waals surface area contributed by atoms with E-state index in [1.54, 1.807) is 6.92 Å². The molecule has 1 heterocycles. The molecule has 0 saturated carbocycles. The maximum atomic E-state index is 12.2. The average Bonchev–Trinajstić information content (AvgIpc) is 2.44. The smallest absolute Gasteiger partial charge is 0.328 e. The number of rotatable bonds is 6. The summed E-state index contributed by atoms with van der Waals surface area (Å²) in [7, 11) is 0. The van der Waals surface area contributed by atoms with Crippen LogP contribution in [0.4, 0.5) is 0 Å². The lowest BCUT2D eigenvalue weighted by Gasteiger charge is -2.35. The van der Waals surface area contributed by atoms with Gasteiger partial charge in [0.05, 0.1) is 12.6 Å². The molecule has 2 unspecified atom stereocenters. The number of amides is 1. The van der Waals surface area contributed by atoms with Crippen molar-refractivity contribution < 1.29 is 24.2 Å². The SMILES string of the molecule is CCOC(=O)C1CCCCN1C(=O)C(N)CCC(=O)O. The van der Waals surface area contributed by atoms with E-state index in [0.29, 0.717) is 13.0 Å². The van der Waals surface area contributed by atoms with Crippen LogP contribution in [-0.2, 0) is 19.1 Å². The van der Waals surface area contributed by atoms with Crippen molar-refractivity contribution in [3.63, 3.8) is 0 Å². The van der Waals surface area contributed by atoms with E-state index < -0.39 is 24.0 Å². The summed E-state index contributed by atoms with van der Waals surface area (Å²) < 4.78 is 4.97. The molecule has 1 amide bonds. The molecule has 0 radical (unpaired) electrons. The number of esters is 1. The summed E-state index contributed by atoms with van der Waals surface area (Å²) in [4.78, 5) is 36.0. The largest absolute Gasteiger partial charge is 0.481 e. The molecule has 114 valence electrons. The van der Waals surface area contributed by atoms with E-state index in [1.807, 2.05) is 0 Å². The molecule has 0 spiro atoms. The molecule has 7 nitrogen and oxygen atoms in total. The maximum absolute atomic E-state index is 12.2. The van der Waals surface area contributed by atoms with Gasteiger partial charge in [0, 0.05) is 13.0 Å². The van der Waals surface area contributed by atoms with Crippen LogP contribution >= 0.6 is 0 Å². The number of likely N-dealkylation sites (tertiary alicyclic amines) is 1. The van der Waals surface area contributed by atoms with Crippen LogP contribution in [-0.4, -0.2) is 53.1 Å². The van der Waals surface area contributed by atoms with E-state index in [9.17, 15) is 14.4 Å². The summed E-state index contributed by atoms with van der Waals surface area (Å²) in [5.41, 5.74) is 5.73. The molecule has 0 aliphatic carbocycles. The van der Waals surface area contributed by atoms with Crippen LogP contribution in [0.1, 0.15) is 39.0 Å². The van der Waals surface area contributed by atoms with Gasteiger partial charge in [-0.2, -0.15) is 0 Å². The Bertz CT molecular complexity index is 372. The van der Waals surface area contributed by atoms with Crippen molar-refractivity contribution in [2.45, 2.75) is 51.1 Å². The molecule has 1 fully saturated rings. The van der Waals surface area contributed by atoms with Crippen molar-refractivity contribution in [2.75, 3.05) is 13.2 Å². The lowest BCUT2D eigenvalue weighted by molar-refractivity contribution is -0.157. The highest BCUT2D eigenvalue weighted by atomic mass is 16.5. The van der Waals surface area contributed by atoms with Crippen LogP contribution in [0.25, 0.3) is 0 Å². The Balaban J connectivity index is 2.66. The Morgan fingerprint density at radius 2 is 2.10 bits per heavy atom. The van der Waals surface area contributed by atoms with Crippen molar-refractivity contribution in [3.05, 3.63) is 0 Å². The van der Waals surface area contributed by atoms with E-state index in [1.165, 1.54) is 4.90 Å². The van der Waals surface area contributed by atoms with E-state index in [4.69, 9.17) is 15.6 Å². The van der Waals surface area contributed by atoms with Crippen molar-refractivity contribution in [3.8, 4) is 0 Å². The third-order valence-corrected chi connectivity index (χ3v) is 3.33. The minimum Gasteiger partial charge on any atom is -0.481 e. The van der Waals surface area contributed by atoms with Crippen LogP contribution in [0.5, 0.6) is 0 Å². The van der Waals surface area contributed by atoms with Crippen molar-refractivity contribution in [2.24, 2.45) is 5.73 Å². The molecular weight excluding hydrogens is 264 g/mol. The Hall–Kier alpha value is -1.63. The molecule has 2 atom stereocenters. The van der Waals surface area contributed by atoms with Crippen LogP contribution in [0, 0.1) is 0 Å². The zero-order chi connectivity index (χ0) is 15.1. The first kappa shape index (κ1) is 16.4. The molecular formula is C13H22N2O5. The highest BCUT2D eigenvalue weighted by Gasteiger charge is 2.35. The first-order chi connectivity index (χ1) is 9.47. The monoisotopic (exact) mass is 286 g/mol. The van der Waals surface area contributed by atoms with Crippen molar-refractivity contribution in [1.82, 2.24) is 4.90 Å². The quantitative estimate of drug-likeness (QED) is 0.671.